The average molecular weight is 539 g/mol. The van der Waals surface area contributed by atoms with Gasteiger partial charge >= 0.3 is 0 Å². The molecule has 0 atom stereocenters. The Labute approximate surface area is 227 Å². The summed E-state index contributed by atoms with van der Waals surface area (Å²) < 4.78 is 1.80. The van der Waals surface area contributed by atoms with Crippen LogP contribution in [0.4, 0.5) is 11.8 Å². The number of aryl methyl sites for hydroxylation is 2. The van der Waals surface area contributed by atoms with E-state index in [0.29, 0.717) is 16.2 Å². The number of halogens is 1. The Morgan fingerprint density at radius 3 is 2.46 bits per heavy atom. The van der Waals surface area contributed by atoms with Crippen molar-refractivity contribution >= 4 is 51.2 Å². The molecule has 4 N–H and O–H groups in total. The van der Waals surface area contributed by atoms with Gasteiger partial charge in [0.05, 0.1) is 16.0 Å². The number of hydrogen-bond donors (Lipinski definition) is 2. The zero-order valence-electron chi connectivity index (χ0n) is 22.2. The Balaban J connectivity index is 0.000000260. The van der Waals surface area contributed by atoms with Crippen LogP contribution >= 0.6 is 22.9 Å². The van der Waals surface area contributed by atoms with Gasteiger partial charge in [-0.05, 0) is 50.3 Å². The van der Waals surface area contributed by atoms with Gasteiger partial charge in [-0.25, -0.2) is 9.97 Å². The molecule has 0 aliphatic heterocycles. The Morgan fingerprint density at radius 1 is 1.16 bits per heavy atom. The minimum atomic E-state index is -0.0347. The third-order valence-corrected chi connectivity index (χ3v) is 6.51. The lowest BCUT2D eigenvalue weighted by Gasteiger charge is -2.16. The van der Waals surface area contributed by atoms with Crippen LogP contribution in [0, 0.1) is 6.92 Å². The minimum absolute atomic E-state index is 0.0347. The monoisotopic (exact) mass is 538 g/mol. The van der Waals surface area contributed by atoms with Gasteiger partial charge in [0.2, 0.25) is 5.95 Å². The van der Waals surface area contributed by atoms with E-state index in [1.165, 1.54) is 0 Å². The molecule has 0 spiro atoms. The van der Waals surface area contributed by atoms with Gasteiger partial charge in [-0.2, -0.15) is 4.98 Å². The molecule has 1 aromatic carbocycles. The molecule has 0 fully saturated rings. The van der Waals surface area contributed by atoms with Gasteiger partial charge < -0.3 is 11.5 Å². The van der Waals surface area contributed by atoms with Gasteiger partial charge in [0.15, 0.2) is 0 Å². The van der Waals surface area contributed by atoms with E-state index in [9.17, 15) is 4.79 Å². The van der Waals surface area contributed by atoms with E-state index in [2.05, 4.69) is 34.9 Å². The molecule has 0 bridgehead atoms. The highest BCUT2D eigenvalue weighted by atomic mass is 35.5. The van der Waals surface area contributed by atoms with Crippen molar-refractivity contribution in [1.82, 2.24) is 19.5 Å². The highest BCUT2D eigenvalue weighted by molar-refractivity contribution is 7.15. The fraction of sp³-hybridized carbons (Fsp3) is 0.286. The van der Waals surface area contributed by atoms with Gasteiger partial charge in [-0.1, -0.05) is 63.6 Å². The van der Waals surface area contributed by atoms with Crippen LogP contribution in [-0.4, -0.2) is 19.5 Å². The van der Waals surface area contributed by atoms with E-state index in [1.807, 2.05) is 58.1 Å². The summed E-state index contributed by atoms with van der Waals surface area (Å²) in [6.07, 6.45) is 10.9. The van der Waals surface area contributed by atoms with Crippen molar-refractivity contribution in [3.63, 3.8) is 0 Å². The molecular weight excluding hydrogens is 504 g/mol. The smallest absolute Gasteiger partial charge is 0.264 e. The van der Waals surface area contributed by atoms with Crippen molar-refractivity contribution < 1.29 is 0 Å². The Bertz CT molecular complexity index is 1460. The van der Waals surface area contributed by atoms with Crippen molar-refractivity contribution in [1.29, 1.82) is 0 Å². The number of nitrogens with two attached hydrogens (primary N) is 2. The predicted octanol–water partition coefficient (Wildman–Crippen LogP) is 7.14. The zero-order valence-corrected chi connectivity index (χ0v) is 23.8. The third kappa shape index (κ3) is 7.27. The van der Waals surface area contributed by atoms with Gasteiger partial charge in [0.1, 0.15) is 10.8 Å². The molecule has 9 heteroatoms. The van der Waals surface area contributed by atoms with E-state index >= 15 is 0 Å². The van der Waals surface area contributed by atoms with Crippen molar-refractivity contribution in [2.45, 2.75) is 54.4 Å². The van der Waals surface area contributed by atoms with Gasteiger partial charge in [-0.15, -0.1) is 11.3 Å². The average Bonchev–Trinajstić information content (AvgIpc) is 3.32. The number of aromatic nitrogens is 4. The van der Waals surface area contributed by atoms with Crippen molar-refractivity contribution in [3.8, 4) is 10.6 Å². The van der Waals surface area contributed by atoms with Crippen LogP contribution in [0.15, 0.2) is 59.7 Å². The summed E-state index contributed by atoms with van der Waals surface area (Å²) in [6.45, 7) is 12.1. The number of nitrogen functional groups attached to an aromatic ring is 2. The summed E-state index contributed by atoms with van der Waals surface area (Å²) in [5.41, 5.74) is 13.8. The number of pyridine rings is 1. The lowest BCUT2D eigenvalue weighted by atomic mass is 10.1. The largest absolute Gasteiger partial charge is 0.383 e. The van der Waals surface area contributed by atoms with Gasteiger partial charge in [0.25, 0.3) is 5.56 Å². The van der Waals surface area contributed by atoms with Crippen LogP contribution in [-0.2, 0) is 6.42 Å². The first-order valence-electron chi connectivity index (χ1n) is 12.3. The lowest BCUT2D eigenvalue weighted by molar-refractivity contribution is 0.875. The molecule has 3 heterocycles. The summed E-state index contributed by atoms with van der Waals surface area (Å²) in [5, 5.41) is 2.83. The zero-order chi connectivity index (χ0) is 27.5. The van der Waals surface area contributed by atoms with Crippen LogP contribution < -0.4 is 17.0 Å². The molecule has 4 rings (SSSR count). The van der Waals surface area contributed by atoms with Crippen molar-refractivity contribution in [2.75, 3.05) is 11.5 Å². The van der Waals surface area contributed by atoms with E-state index in [0.717, 1.165) is 45.1 Å². The fourth-order valence-corrected chi connectivity index (χ4v) is 4.60. The number of allylic oxidation sites excluding steroid dienone is 4. The molecular formula is C28H35ClN6OS. The van der Waals surface area contributed by atoms with E-state index in [4.69, 9.17) is 23.1 Å². The first-order valence-corrected chi connectivity index (χ1v) is 13.5. The second-order valence-electron chi connectivity index (χ2n) is 7.67. The molecule has 0 saturated carbocycles. The number of rotatable bonds is 5. The number of benzene rings is 1. The van der Waals surface area contributed by atoms with Crippen molar-refractivity contribution in [3.05, 3.63) is 80.8 Å². The number of nitrogens with zero attached hydrogens (tertiary/aromatic N) is 4. The molecule has 0 unspecified atom stereocenters. The second kappa shape index (κ2) is 14.3. The SMILES string of the molecule is C/C=C\C=C(/CC)n1c(CC)cc2cccc(Cl)c2c1=O.CC.Cc1cnc(-c2cnc(N)nc2N)s1. The highest BCUT2D eigenvalue weighted by Gasteiger charge is 2.13. The molecule has 0 aliphatic carbocycles. The normalized spacial score (nSPS) is 11.2. The topological polar surface area (TPSA) is 113 Å². The molecule has 3 aromatic heterocycles. The molecule has 37 heavy (non-hydrogen) atoms. The fourth-order valence-electron chi connectivity index (χ4n) is 3.56. The molecule has 0 radical (unpaired) electrons. The number of anilines is 2. The summed E-state index contributed by atoms with van der Waals surface area (Å²) in [5.74, 6) is 0.548. The van der Waals surface area contributed by atoms with E-state index in [-0.39, 0.29) is 11.5 Å². The second-order valence-corrected chi connectivity index (χ2v) is 9.32. The maximum Gasteiger partial charge on any atom is 0.264 e. The van der Waals surface area contributed by atoms with Crippen LogP contribution in [0.1, 0.15) is 51.6 Å². The third-order valence-electron chi connectivity index (χ3n) is 5.25. The van der Waals surface area contributed by atoms with Gasteiger partial charge in [0, 0.05) is 28.7 Å². The standard InChI is InChI=1S/C18H20ClNO.C8H9N5S.C2H6/c1-4-7-10-14(5-2)20-15(6-3)12-13-9-8-11-16(19)17(13)18(20)21;1-4-2-11-7(14-4)5-3-12-8(10)13-6(5)9;1-2/h4,7-12H,5-6H2,1-3H3;2-3H,1H3,(H4,9,10,12,13);1-2H3/b7-4-,14-10+;;. The first kappa shape index (κ1) is 29.7. The molecule has 7 nitrogen and oxygen atoms in total. The summed E-state index contributed by atoms with van der Waals surface area (Å²) >= 11 is 7.78. The molecule has 0 amide bonds. The maximum atomic E-state index is 12.9. The number of fused-ring (bicyclic) bond motifs is 1. The molecule has 0 aliphatic rings. The van der Waals surface area contributed by atoms with Crippen LogP contribution in [0.3, 0.4) is 0 Å². The summed E-state index contributed by atoms with van der Waals surface area (Å²) in [4.78, 5) is 26.0. The summed E-state index contributed by atoms with van der Waals surface area (Å²) in [6, 6.07) is 7.64. The first-order chi connectivity index (χ1) is 17.8. The number of hydrogen-bond acceptors (Lipinski definition) is 7. The predicted molar refractivity (Wildman–Crippen MR) is 160 cm³/mol. The molecule has 4 aromatic rings. The Morgan fingerprint density at radius 2 is 1.89 bits per heavy atom. The summed E-state index contributed by atoms with van der Waals surface area (Å²) in [7, 11) is 0. The van der Waals surface area contributed by atoms with Crippen LogP contribution in [0.25, 0.3) is 27.0 Å². The van der Waals surface area contributed by atoms with Crippen molar-refractivity contribution in [2.24, 2.45) is 0 Å². The van der Waals surface area contributed by atoms with Crippen LogP contribution in [0.2, 0.25) is 5.02 Å². The minimum Gasteiger partial charge on any atom is -0.383 e. The molecule has 0 saturated heterocycles. The quantitative estimate of drug-likeness (QED) is 0.261. The number of thiazole rings is 1. The van der Waals surface area contributed by atoms with E-state index in [1.54, 1.807) is 34.4 Å². The van der Waals surface area contributed by atoms with E-state index < -0.39 is 0 Å². The molecule has 196 valence electrons. The maximum absolute atomic E-state index is 12.9. The Hall–Kier alpha value is -3.49. The highest BCUT2D eigenvalue weighted by Crippen LogP contribution is 2.28. The Kier molecular flexibility index (Phi) is 11.5. The van der Waals surface area contributed by atoms with Crippen LogP contribution in [0.5, 0.6) is 0 Å². The lowest BCUT2D eigenvalue weighted by Crippen LogP contribution is -2.23. The van der Waals surface area contributed by atoms with Gasteiger partial charge in [-0.3, -0.25) is 9.36 Å².